The van der Waals surface area contributed by atoms with Gasteiger partial charge in [0.2, 0.25) is 5.28 Å². The quantitative estimate of drug-likeness (QED) is 0.510. The molecule has 0 saturated carbocycles. The molecule has 3 N–H and O–H groups in total. The normalized spacial score (nSPS) is 9.61. The Bertz CT molecular complexity index is 726. The predicted molar refractivity (Wildman–Crippen MR) is 87.6 cm³/mol. The first kappa shape index (κ1) is 16.6. The number of benzene rings is 1. The van der Waals surface area contributed by atoms with Crippen LogP contribution >= 0.6 is 11.6 Å². The number of carbonyl (C=O) groups excluding carboxylic acids is 1. The van der Waals surface area contributed by atoms with E-state index in [1.807, 2.05) is 30.3 Å². The van der Waals surface area contributed by atoms with Crippen molar-refractivity contribution in [2.45, 2.75) is 13.0 Å². The minimum atomic E-state index is -0.481. The van der Waals surface area contributed by atoms with E-state index >= 15 is 0 Å². The summed E-state index contributed by atoms with van der Waals surface area (Å²) in [5, 5.41) is 2.70. The van der Waals surface area contributed by atoms with Crippen LogP contribution in [0.4, 0.5) is 10.6 Å². The van der Waals surface area contributed by atoms with Crippen LogP contribution in [0.15, 0.2) is 36.5 Å². The molecule has 2 rings (SSSR count). The summed E-state index contributed by atoms with van der Waals surface area (Å²) in [7, 11) is 0. The SMILES string of the molecule is Nc1nc(Cl)ncc1C#CCCNC(=O)OCc1ccccc1. The Labute approximate surface area is 139 Å². The van der Waals surface area contributed by atoms with Crippen molar-refractivity contribution < 1.29 is 9.53 Å². The molecule has 1 amide bonds. The third-order valence-corrected chi connectivity index (χ3v) is 2.93. The Hall–Kier alpha value is -2.78. The van der Waals surface area contributed by atoms with Gasteiger partial charge in [-0.25, -0.2) is 9.78 Å². The average molecular weight is 331 g/mol. The van der Waals surface area contributed by atoms with Gasteiger partial charge in [-0.15, -0.1) is 0 Å². The van der Waals surface area contributed by atoms with Gasteiger partial charge in [0.1, 0.15) is 12.4 Å². The van der Waals surface area contributed by atoms with E-state index in [9.17, 15) is 4.79 Å². The van der Waals surface area contributed by atoms with Gasteiger partial charge in [-0.3, -0.25) is 0 Å². The largest absolute Gasteiger partial charge is 0.445 e. The Balaban J connectivity index is 1.69. The monoisotopic (exact) mass is 330 g/mol. The molecule has 0 fully saturated rings. The van der Waals surface area contributed by atoms with Crippen molar-refractivity contribution >= 4 is 23.5 Å². The lowest BCUT2D eigenvalue weighted by atomic mass is 10.2. The fourth-order valence-electron chi connectivity index (χ4n) is 1.63. The molecule has 0 bridgehead atoms. The number of carbonyl (C=O) groups is 1. The number of nitrogens with one attached hydrogen (secondary N) is 1. The number of alkyl carbamates (subject to hydrolysis) is 1. The number of hydrogen-bond donors (Lipinski definition) is 2. The van der Waals surface area contributed by atoms with Crippen LogP contribution < -0.4 is 11.1 Å². The molecule has 1 aromatic heterocycles. The van der Waals surface area contributed by atoms with Crippen LogP contribution in [0.25, 0.3) is 0 Å². The minimum absolute atomic E-state index is 0.0795. The number of aromatic nitrogens is 2. The summed E-state index contributed by atoms with van der Waals surface area (Å²) < 4.78 is 5.07. The lowest BCUT2D eigenvalue weighted by Crippen LogP contribution is -2.24. The fraction of sp³-hybridized carbons (Fsp3) is 0.188. The summed E-state index contributed by atoms with van der Waals surface area (Å²) in [5.41, 5.74) is 7.08. The number of rotatable bonds is 4. The maximum atomic E-state index is 11.5. The van der Waals surface area contributed by atoms with E-state index < -0.39 is 6.09 Å². The predicted octanol–water partition coefficient (Wildman–Crippen LogP) is 2.38. The highest BCUT2D eigenvalue weighted by Gasteiger charge is 2.01. The highest BCUT2D eigenvalue weighted by Crippen LogP contribution is 2.08. The topological polar surface area (TPSA) is 90.1 Å². The van der Waals surface area contributed by atoms with E-state index in [2.05, 4.69) is 27.1 Å². The third kappa shape index (κ3) is 5.85. The van der Waals surface area contributed by atoms with E-state index in [4.69, 9.17) is 22.1 Å². The average Bonchev–Trinajstić information content (AvgIpc) is 2.55. The van der Waals surface area contributed by atoms with Gasteiger partial charge in [-0.2, -0.15) is 4.98 Å². The Morgan fingerprint density at radius 2 is 2.13 bits per heavy atom. The number of ether oxygens (including phenoxy) is 1. The summed E-state index contributed by atoms with van der Waals surface area (Å²) in [6, 6.07) is 9.45. The summed E-state index contributed by atoms with van der Waals surface area (Å²) >= 11 is 5.60. The van der Waals surface area contributed by atoms with Gasteiger partial charge >= 0.3 is 6.09 Å². The minimum Gasteiger partial charge on any atom is -0.445 e. The molecule has 0 radical (unpaired) electrons. The number of halogens is 1. The Kier molecular flexibility index (Phi) is 6.21. The van der Waals surface area contributed by atoms with Gasteiger partial charge in [0.05, 0.1) is 5.56 Å². The van der Waals surface area contributed by atoms with E-state index in [1.165, 1.54) is 6.20 Å². The van der Waals surface area contributed by atoms with E-state index in [-0.39, 0.29) is 17.7 Å². The van der Waals surface area contributed by atoms with Crippen molar-refractivity contribution in [3.63, 3.8) is 0 Å². The van der Waals surface area contributed by atoms with Gasteiger partial charge in [0, 0.05) is 19.2 Å². The van der Waals surface area contributed by atoms with Crippen molar-refractivity contribution in [1.82, 2.24) is 15.3 Å². The molecule has 0 aliphatic rings. The first-order valence-corrected chi connectivity index (χ1v) is 7.24. The number of nitrogens with two attached hydrogens (primary N) is 1. The number of amides is 1. The second-order valence-electron chi connectivity index (χ2n) is 4.48. The molecule has 2 aromatic rings. The highest BCUT2D eigenvalue weighted by molar-refractivity contribution is 6.28. The molecule has 7 heteroatoms. The van der Waals surface area contributed by atoms with Crippen LogP contribution in [0.2, 0.25) is 5.28 Å². The maximum Gasteiger partial charge on any atom is 0.407 e. The number of nitrogens with zero attached hydrogens (tertiary/aromatic N) is 2. The molecule has 1 aromatic carbocycles. The standard InChI is InChI=1S/C16H15ClN4O2/c17-15-20-10-13(14(18)21-15)8-4-5-9-19-16(22)23-11-12-6-2-1-3-7-12/h1-3,6-7,10H,5,9,11H2,(H,19,22)(H2,18,20,21). The molecule has 0 aliphatic heterocycles. The van der Waals surface area contributed by atoms with Crippen LogP contribution in [0.5, 0.6) is 0 Å². The van der Waals surface area contributed by atoms with Crippen molar-refractivity contribution in [3.05, 3.63) is 52.9 Å². The van der Waals surface area contributed by atoms with Gasteiger partial charge in [0.25, 0.3) is 0 Å². The molecule has 0 unspecified atom stereocenters. The first-order valence-electron chi connectivity index (χ1n) is 6.86. The van der Waals surface area contributed by atoms with Gasteiger partial charge in [-0.05, 0) is 17.2 Å². The summed E-state index contributed by atoms with van der Waals surface area (Å²) in [6.45, 7) is 0.603. The van der Waals surface area contributed by atoms with Crippen molar-refractivity contribution in [2.24, 2.45) is 0 Å². The number of nitrogen functional groups attached to an aromatic ring is 1. The third-order valence-electron chi connectivity index (χ3n) is 2.74. The van der Waals surface area contributed by atoms with Crippen molar-refractivity contribution in [2.75, 3.05) is 12.3 Å². The first-order chi connectivity index (χ1) is 11.1. The van der Waals surface area contributed by atoms with E-state index in [1.54, 1.807) is 0 Å². The molecule has 6 nitrogen and oxygen atoms in total. The molecule has 23 heavy (non-hydrogen) atoms. The Morgan fingerprint density at radius 1 is 1.35 bits per heavy atom. The molecule has 0 saturated heterocycles. The second-order valence-corrected chi connectivity index (χ2v) is 4.82. The number of anilines is 1. The fourth-order valence-corrected chi connectivity index (χ4v) is 1.77. The van der Waals surface area contributed by atoms with Crippen LogP contribution in [0, 0.1) is 11.8 Å². The molecule has 0 aliphatic carbocycles. The lowest BCUT2D eigenvalue weighted by molar-refractivity contribution is 0.140. The lowest BCUT2D eigenvalue weighted by Gasteiger charge is -2.05. The zero-order valence-corrected chi connectivity index (χ0v) is 13.0. The van der Waals surface area contributed by atoms with Gasteiger partial charge in [-0.1, -0.05) is 42.2 Å². The van der Waals surface area contributed by atoms with E-state index in [0.717, 1.165) is 5.56 Å². The maximum absolute atomic E-state index is 11.5. The summed E-state index contributed by atoms with van der Waals surface area (Å²) in [6.07, 6.45) is 1.42. The highest BCUT2D eigenvalue weighted by atomic mass is 35.5. The zero-order chi connectivity index (χ0) is 16.5. The smallest absolute Gasteiger partial charge is 0.407 e. The Morgan fingerprint density at radius 3 is 2.87 bits per heavy atom. The molecule has 0 atom stereocenters. The second kappa shape index (κ2) is 8.61. The summed E-state index contributed by atoms with van der Waals surface area (Å²) in [4.78, 5) is 19.1. The molecule has 1 heterocycles. The molecule has 118 valence electrons. The molecule has 0 spiro atoms. The van der Waals surface area contributed by atoms with Gasteiger partial charge in [0.15, 0.2) is 0 Å². The van der Waals surface area contributed by atoms with Gasteiger partial charge < -0.3 is 15.8 Å². The number of hydrogen-bond acceptors (Lipinski definition) is 5. The zero-order valence-electron chi connectivity index (χ0n) is 12.3. The van der Waals surface area contributed by atoms with Crippen LogP contribution in [-0.2, 0) is 11.3 Å². The van der Waals surface area contributed by atoms with Crippen molar-refractivity contribution in [1.29, 1.82) is 0 Å². The molecular formula is C16H15ClN4O2. The van der Waals surface area contributed by atoms with Crippen molar-refractivity contribution in [3.8, 4) is 11.8 Å². The van der Waals surface area contributed by atoms with E-state index in [0.29, 0.717) is 18.5 Å². The van der Waals surface area contributed by atoms with Crippen LogP contribution in [-0.4, -0.2) is 22.6 Å². The van der Waals surface area contributed by atoms with Crippen LogP contribution in [0.3, 0.4) is 0 Å². The molecular weight excluding hydrogens is 316 g/mol. The van der Waals surface area contributed by atoms with Crippen LogP contribution in [0.1, 0.15) is 17.5 Å². The summed E-state index contributed by atoms with van der Waals surface area (Å²) in [5.74, 6) is 5.92.